The first-order valence-corrected chi connectivity index (χ1v) is 13.8. The molecule has 2 fully saturated rings. The number of carbonyl (C=O) groups is 2. The lowest BCUT2D eigenvalue weighted by Crippen LogP contribution is -2.40. The van der Waals surface area contributed by atoms with Gasteiger partial charge in [-0.3, -0.25) is 9.59 Å². The monoisotopic (exact) mass is 524 g/mol. The number of benzene rings is 2. The average molecular weight is 525 g/mol. The number of rotatable bonds is 10. The first kappa shape index (κ1) is 28.2. The number of aliphatic hydroxyl groups excluding tert-OH is 1. The minimum atomic E-state index is -0.982. The summed E-state index contributed by atoms with van der Waals surface area (Å²) in [6, 6.07) is 15.7. The first-order valence-electron chi connectivity index (χ1n) is 13.8. The second-order valence-corrected chi connectivity index (χ2v) is 10.3. The zero-order valence-electron chi connectivity index (χ0n) is 22.0. The van der Waals surface area contributed by atoms with E-state index in [1.165, 1.54) is 32.1 Å². The van der Waals surface area contributed by atoms with Crippen LogP contribution < -0.4 is 5.32 Å². The first-order chi connectivity index (χ1) is 18.5. The maximum Gasteiger partial charge on any atom is 0.303 e. The van der Waals surface area contributed by atoms with Gasteiger partial charge in [0.05, 0.1) is 25.2 Å². The number of aliphatic carboxylic acids is 1. The molecule has 2 aliphatic heterocycles. The number of carboxylic acid groups (broad SMARTS) is 1. The summed E-state index contributed by atoms with van der Waals surface area (Å²) in [6.07, 6.45) is 6.34. The molecule has 2 aromatic carbocycles. The van der Waals surface area contributed by atoms with Crippen molar-refractivity contribution >= 4 is 11.9 Å². The van der Waals surface area contributed by atoms with Crippen LogP contribution in [0.4, 0.5) is 0 Å². The van der Waals surface area contributed by atoms with Gasteiger partial charge in [-0.2, -0.15) is 0 Å². The van der Waals surface area contributed by atoms with Crippen LogP contribution in [0.3, 0.4) is 0 Å². The number of hydrogen-bond donors (Lipinski definition) is 3. The van der Waals surface area contributed by atoms with Crippen molar-refractivity contribution in [2.45, 2.75) is 83.0 Å². The van der Waals surface area contributed by atoms with Crippen molar-refractivity contribution in [1.29, 1.82) is 0 Å². The van der Waals surface area contributed by atoms with Gasteiger partial charge in [-0.05, 0) is 42.6 Å². The number of hydrogen-bond acceptors (Lipinski definition) is 6. The number of likely N-dealkylation sites (tertiary alicyclic amines) is 1. The maximum atomic E-state index is 11.9. The summed E-state index contributed by atoms with van der Waals surface area (Å²) < 4.78 is 13.0. The third kappa shape index (κ3) is 8.63. The fraction of sp³-hybridized carbons (Fsp3) is 0.533. The number of amides is 1. The van der Waals surface area contributed by atoms with E-state index < -0.39 is 12.3 Å². The number of nitrogens with one attached hydrogen (secondary N) is 1. The molecule has 0 spiro atoms. The van der Waals surface area contributed by atoms with Crippen molar-refractivity contribution in [3.05, 3.63) is 70.8 Å². The topological polar surface area (TPSA) is 108 Å². The van der Waals surface area contributed by atoms with Gasteiger partial charge in [0.15, 0.2) is 6.29 Å². The van der Waals surface area contributed by atoms with E-state index in [-0.39, 0.29) is 37.6 Å². The van der Waals surface area contributed by atoms with Gasteiger partial charge in [-0.25, -0.2) is 0 Å². The fourth-order valence-corrected chi connectivity index (χ4v) is 5.12. The minimum absolute atomic E-state index is 0.0154. The maximum absolute atomic E-state index is 11.9. The van der Waals surface area contributed by atoms with E-state index in [0.717, 1.165) is 48.3 Å². The van der Waals surface area contributed by atoms with Crippen LogP contribution in [0.2, 0.25) is 0 Å². The molecule has 0 aliphatic carbocycles. The molecule has 2 heterocycles. The van der Waals surface area contributed by atoms with Gasteiger partial charge in [0.1, 0.15) is 0 Å². The Morgan fingerprint density at radius 1 is 0.842 bits per heavy atom. The molecule has 2 saturated heterocycles. The number of carboxylic acids is 1. The summed E-state index contributed by atoms with van der Waals surface area (Å²) in [5.41, 5.74) is 3.79. The molecule has 8 nitrogen and oxygen atoms in total. The van der Waals surface area contributed by atoms with Gasteiger partial charge in [-0.1, -0.05) is 67.8 Å². The Bertz CT molecular complexity index is 1020. The minimum Gasteiger partial charge on any atom is -0.481 e. The van der Waals surface area contributed by atoms with Crippen molar-refractivity contribution in [1.82, 2.24) is 10.2 Å². The van der Waals surface area contributed by atoms with E-state index in [9.17, 15) is 14.7 Å². The average Bonchev–Trinajstić information content (AvgIpc) is 2.92. The van der Waals surface area contributed by atoms with Crippen molar-refractivity contribution in [3.63, 3.8) is 0 Å². The van der Waals surface area contributed by atoms with Gasteiger partial charge in [0, 0.05) is 31.5 Å². The van der Waals surface area contributed by atoms with Crippen LogP contribution in [0.25, 0.3) is 0 Å². The highest BCUT2D eigenvalue weighted by molar-refractivity contribution is 5.80. The van der Waals surface area contributed by atoms with Crippen LogP contribution in [-0.4, -0.2) is 52.7 Å². The molecule has 0 aromatic heterocycles. The quantitative estimate of drug-likeness (QED) is 0.421. The van der Waals surface area contributed by atoms with E-state index in [1.54, 1.807) is 0 Å². The number of ether oxygens (including phenoxy) is 2. The second-order valence-electron chi connectivity index (χ2n) is 10.3. The number of aliphatic hydroxyl groups is 1. The van der Waals surface area contributed by atoms with Crippen LogP contribution in [-0.2, 0) is 32.2 Å². The Morgan fingerprint density at radius 2 is 1.47 bits per heavy atom. The molecule has 2 aromatic rings. The van der Waals surface area contributed by atoms with E-state index in [4.69, 9.17) is 14.6 Å². The Hall–Kier alpha value is -2.78. The van der Waals surface area contributed by atoms with Gasteiger partial charge >= 0.3 is 5.97 Å². The zero-order chi connectivity index (χ0) is 26.7. The number of carbonyl (C=O) groups excluding carboxylic acids is 1. The molecule has 0 unspecified atom stereocenters. The SMILES string of the molecule is O=C(O)CCC(=O)NCc1ccc([C@H]2O[C@@H](CN3CCCCCCC3)C[C@@H](c3ccc(CO)cc3)O2)cc1. The molecule has 2 aliphatic rings. The normalized spacial score (nSPS) is 22.8. The Kier molecular flexibility index (Phi) is 10.7. The standard InChI is InChI=1S/C30H40N2O6/c33-21-23-8-10-24(11-9-23)27-18-26(20-32-16-4-2-1-3-5-17-32)37-30(38-27)25-12-6-22(7-13-25)19-31-28(34)14-15-29(35)36/h6-13,26-27,30,33H,1-5,14-21H2,(H,31,34)(H,35,36)/t26-,27+,30+/m1/s1. The van der Waals surface area contributed by atoms with Crippen LogP contribution >= 0.6 is 0 Å². The highest BCUT2D eigenvalue weighted by atomic mass is 16.7. The highest BCUT2D eigenvalue weighted by Crippen LogP contribution is 2.38. The van der Waals surface area contributed by atoms with Gasteiger partial charge in [-0.15, -0.1) is 0 Å². The van der Waals surface area contributed by atoms with Crippen molar-refractivity contribution in [2.24, 2.45) is 0 Å². The predicted molar refractivity (Wildman–Crippen MR) is 143 cm³/mol. The van der Waals surface area contributed by atoms with Crippen molar-refractivity contribution in [2.75, 3.05) is 19.6 Å². The molecule has 1 amide bonds. The predicted octanol–water partition coefficient (Wildman–Crippen LogP) is 4.47. The van der Waals surface area contributed by atoms with E-state index in [0.29, 0.717) is 6.54 Å². The van der Waals surface area contributed by atoms with E-state index in [1.807, 2.05) is 48.5 Å². The lowest BCUT2D eigenvalue weighted by Gasteiger charge is -2.38. The molecule has 0 saturated carbocycles. The lowest BCUT2D eigenvalue weighted by molar-refractivity contribution is -0.253. The summed E-state index contributed by atoms with van der Waals surface area (Å²) in [5.74, 6) is -1.26. The molecule has 0 bridgehead atoms. The Morgan fingerprint density at radius 3 is 2.13 bits per heavy atom. The van der Waals surface area contributed by atoms with Crippen LogP contribution in [0, 0.1) is 0 Å². The highest BCUT2D eigenvalue weighted by Gasteiger charge is 2.33. The summed E-state index contributed by atoms with van der Waals surface area (Å²) in [7, 11) is 0. The van der Waals surface area contributed by atoms with Crippen molar-refractivity contribution in [3.8, 4) is 0 Å². The molecular formula is C30H40N2O6. The Balaban J connectivity index is 1.43. The molecule has 206 valence electrons. The Labute approximate surface area is 224 Å². The number of nitrogens with zero attached hydrogens (tertiary/aromatic N) is 1. The van der Waals surface area contributed by atoms with Crippen LogP contribution in [0.1, 0.15) is 86.0 Å². The van der Waals surface area contributed by atoms with Crippen LogP contribution in [0.15, 0.2) is 48.5 Å². The zero-order valence-corrected chi connectivity index (χ0v) is 22.0. The second kappa shape index (κ2) is 14.4. The molecule has 8 heteroatoms. The fourth-order valence-electron chi connectivity index (χ4n) is 5.12. The lowest BCUT2D eigenvalue weighted by atomic mass is 9.99. The molecule has 38 heavy (non-hydrogen) atoms. The van der Waals surface area contributed by atoms with Gasteiger partial charge in [0.25, 0.3) is 0 Å². The smallest absolute Gasteiger partial charge is 0.303 e. The summed E-state index contributed by atoms with van der Waals surface area (Å²) in [5, 5.41) is 20.9. The van der Waals surface area contributed by atoms with Gasteiger partial charge < -0.3 is 29.9 Å². The third-order valence-corrected chi connectivity index (χ3v) is 7.33. The van der Waals surface area contributed by atoms with Crippen molar-refractivity contribution < 1.29 is 29.3 Å². The summed E-state index contributed by atoms with van der Waals surface area (Å²) in [6.45, 7) is 3.44. The van der Waals surface area contributed by atoms with E-state index >= 15 is 0 Å². The third-order valence-electron chi connectivity index (χ3n) is 7.33. The molecule has 3 N–H and O–H groups in total. The molecular weight excluding hydrogens is 484 g/mol. The van der Waals surface area contributed by atoms with Crippen LogP contribution in [0.5, 0.6) is 0 Å². The largest absolute Gasteiger partial charge is 0.481 e. The molecule has 3 atom stereocenters. The summed E-state index contributed by atoms with van der Waals surface area (Å²) in [4.78, 5) is 25.0. The van der Waals surface area contributed by atoms with Gasteiger partial charge in [0.2, 0.25) is 5.91 Å². The molecule has 0 radical (unpaired) electrons. The van der Waals surface area contributed by atoms with E-state index in [2.05, 4.69) is 10.2 Å². The summed E-state index contributed by atoms with van der Waals surface area (Å²) >= 11 is 0. The molecule has 4 rings (SSSR count).